The van der Waals surface area contributed by atoms with Crippen molar-refractivity contribution in [1.82, 2.24) is 5.32 Å². The number of hydrogen-bond donors (Lipinski definition) is 2. The number of benzene rings is 1. The van der Waals surface area contributed by atoms with Crippen molar-refractivity contribution in [1.29, 1.82) is 0 Å². The van der Waals surface area contributed by atoms with Crippen molar-refractivity contribution in [3.05, 3.63) is 29.6 Å². The van der Waals surface area contributed by atoms with E-state index in [4.69, 9.17) is 0 Å². The van der Waals surface area contributed by atoms with E-state index in [1.807, 2.05) is 12.3 Å². The van der Waals surface area contributed by atoms with Crippen LogP contribution in [0.25, 0.3) is 0 Å². The highest BCUT2D eigenvalue weighted by Crippen LogP contribution is 2.37. The molecule has 1 aliphatic heterocycles. The summed E-state index contributed by atoms with van der Waals surface area (Å²) in [7, 11) is 0. The maximum atomic E-state index is 13.4. The van der Waals surface area contributed by atoms with Crippen molar-refractivity contribution in [3.63, 3.8) is 0 Å². The monoisotopic (exact) mass is 301 g/mol. The summed E-state index contributed by atoms with van der Waals surface area (Å²) < 4.78 is 13.4. The second-order valence-electron chi connectivity index (χ2n) is 4.78. The topological polar surface area (TPSA) is 32.3 Å². The Hall–Kier alpha value is -0.230. The molecule has 0 saturated heterocycles. The van der Waals surface area contributed by atoms with Crippen molar-refractivity contribution in [2.24, 2.45) is 0 Å². The van der Waals surface area contributed by atoms with Crippen molar-refractivity contribution < 1.29 is 9.50 Å². The first-order valence-corrected chi connectivity index (χ1v) is 8.75. The Labute approximate surface area is 122 Å². The molecule has 1 heterocycles. The van der Waals surface area contributed by atoms with E-state index in [-0.39, 0.29) is 29.8 Å². The second-order valence-corrected chi connectivity index (χ2v) is 7.00. The molecule has 0 aromatic heterocycles. The van der Waals surface area contributed by atoms with Crippen LogP contribution in [0.1, 0.15) is 24.9 Å². The summed E-state index contributed by atoms with van der Waals surface area (Å²) in [6, 6.07) is 5.41. The van der Waals surface area contributed by atoms with Crippen LogP contribution in [0.3, 0.4) is 0 Å². The first kappa shape index (κ1) is 15.2. The summed E-state index contributed by atoms with van der Waals surface area (Å²) in [6.45, 7) is 2.24. The molecule has 0 spiro atoms. The van der Waals surface area contributed by atoms with E-state index >= 15 is 0 Å². The fourth-order valence-electron chi connectivity index (χ4n) is 2.40. The zero-order valence-corrected chi connectivity index (χ0v) is 12.9. The molecular formula is C14H20FNOS2. The van der Waals surface area contributed by atoms with Gasteiger partial charge in [-0.1, -0.05) is 0 Å². The number of halogens is 1. The smallest absolute Gasteiger partial charge is 0.123 e. The summed E-state index contributed by atoms with van der Waals surface area (Å²) in [4.78, 5) is 1.17. The van der Waals surface area contributed by atoms with Crippen LogP contribution in [0.4, 0.5) is 4.39 Å². The van der Waals surface area contributed by atoms with Crippen molar-refractivity contribution >= 4 is 23.5 Å². The summed E-state index contributed by atoms with van der Waals surface area (Å²) in [5, 5.41) is 13.1. The molecule has 1 aromatic carbocycles. The SMILES string of the molecule is CSC(CO)C(C)NC1CCSc2ccc(F)cc21. The lowest BCUT2D eigenvalue weighted by molar-refractivity contribution is 0.269. The summed E-state index contributed by atoms with van der Waals surface area (Å²) in [5.41, 5.74) is 1.06. The second kappa shape index (κ2) is 6.97. The van der Waals surface area contributed by atoms with Crippen LogP contribution < -0.4 is 5.32 Å². The largest absolute Gasteiger partial charge is 0.395 e. The molecule has 0 aliphatic carbocycles. The van der Waals surface area contributed by atoms with E-state index in [1.54, 1.807) is 29.6 Å². The number of aliphatic hydroxyl groups is 1. The number of aliphatic hydroxyl groups excluding tert-OH is 1. The van der Waals surface area contributed by atoms with E-state index in [0.29, 0.717) is 0 Å². The van der Waals surface area contributed by atoms with Gasteiger partial charge in [-0.2, -0.15) is 11.8 Å². The van der Waals surface area contributed by atoms with Crippen LogP contribution >= 0.6 is 23.5 Å². The van der Waals surface area contributed by atoms with Gasteiger partial charge >= 0.3 is 0 Å². The zero-order chi connectivity index (χ0) is 13.8. The van der Waals surface area contributed by atoms with Gasteiger partial charge < -0.3 is 10.4 Å². The van der Waals surface area contributed by atoms with Crippen molar-refractivity contribution in [3.8, 4) is 0 Å². The molecule has 0 saturated carbocycles. The molecule has 2 rings (SSSR count). The maximum absolute atomic E-state index is 13.4. The van der Waals surface area contributed by atoms with Gasteiger partial charge in [0.15, 0.2) is 0 Å². The average Bonchev–Trinajstić information content (AvgIpc) is 2.41. The predicted molar refractivity (Wildman–Crippen MR) is 81.5 cm³/mol. The maximum Gasteiger partial charge on any atom is 0.123 e. The van der Waals surface area contributed by atoms with Crippen LogP contribution in [-0.2, 0) is 0 Å². The van der Waals surface area contributed by atoms with Crippen LogP contribution in [0.2, 0.25) is 0 Å². The Balaban J connectivity index is 2.13. The van der Waals surface area contributed by atoms with E-state index < -0.39 is 0 Å². The van der Waals surface area contributed by atoms with Crippen molar-refractivity contribution in [2.75, 3.05) is 18.6 Å². The quantitative estimate of drug-likeness (QED) is 0.875. The third-order valence-corrected chi connectivity index (χ3v) is 5.80. The molecule has 0 fully saturated rings. The highest BCUT2D eigenvalue weighted by molar-refractivity contribution is 7.99. The van der Waals surface area contributed by atoms with Gasteiger partial charge in [0.05, 0.1) is 6.61 Å². The molecule has 1 aromatic rings. The van der Waals surface area contributed by atoms with Crippen LogP contribution in [-0.4, -0.2) is 35.0 Å². The van der Waals surface area contributed by atoms with Gasteiger partial charge in [0.2, 0.25) is 0 Å². The van der Waals surface area contributed by atoms with Gasteiger partial charge in [-0.15, -0.1) is 11.8 Å². The molecule has 0 bridgehead atoms. The minimum absolute atomic E-state index is 0.160. The van der Waals surface area contributed by atoms with Gasteiger partial charge in [0.25, 0.3) is 0 Å². The van der Waals surface area contributed by atoms with Gasteiger partial charge in [0, 0.05) is 22.2 Å². The lowest BCUT2D eigenvalue weighted by Gasteiger charge is -2.31. The van der Waals surface area contributed by atoms with Crippen LogP contribution in [0.15, 0.2) is 23.1 Å². The van der Waals surface area contributed by atoms with Crippen LogP contribution in [0, 0.1) is 5.82 Å². The molecule has 3 atom stereocenters. The highest BCUT2D eigenvalue weighted by Gasteiger charge is 2.25. The summed E-state index contributed by atoms with van der Waals surface area (Å²) >= 11 is 3.45. The average molecular weight is 301 g/mol. The first-order chi connectivity index (χ1) is 9.15. The van der Waals surface area contributed by atoms with E-state index in [0.717, 1.165) is 17.7 Å². The molecule has 1 aliphatic rings. The fourth-order valence-corrected chi connectivity index (χ4v) is 4.14. The molecule has 19 heavy (non-hydrogen) atoms. The third-order valence-electron chi connectivity index (χ3n) is 3.52. The standard InChI is InChI=1S/C14H20FNOS2/c1-9(14(8-17)18-2)16-12-5-6-19-13-4-3-10(15)7-11(12)13/h3-4,7,9,12,14,16-17H,5-6,8H2,1-2H3. The lowest BCUT2D eigenvalue weighted by Crippen LogP contribution is -2.40. The molecule has 106 valence electrons. The summed E-state index contributed by atoms with van der Waals surface area (Å²) in [6.07, 6.45) is 3.00. The Kier molecular flexibility index (Phi) is 5.57. The molecular weight excluding hydrogens is 281 g/mol. The molecule has 0 amide bonds. The number of nitrogens with one attached hydrogen (secondary N) is 1. The fraction of sp³-hybridized carbons (Fsp3) is 0.571. The van der Waals surface area contributed by atoms with E-state index in [1.165, 1.54) is 11.0 Å². The van der Waals surface area contributed by atoms with Gasteiger partial charge in [-0.25, -0.2) is 4.39 Å². The number of thioether (sulfide) groups is 2. The lowest BCUT2D eigenvalue weighted by atomic mass is 10.0. The zero-order valence-electron chi connectivity index (χ0n) is 11.2. The molecule has 3 unspecified atom stereocenters. The van der Waals surface area contributed by atoms with Crippen LogP contribution in [0.5, 0.6) is 0 Å². The first-order valence-electron chi connectivity index (χ1n) is 6.47. The van der Waals surface area contributed by atoms with Gasteiger partial charge in [-0.3, -0.25) is 0 Å². The van der Waals surface area contributed by atoms with Crippen molar-refractivity contribution in [2.45, 2.75) is 35.6 Å². The normalized spacial score (nSPS) is 21.8. The summed E-state index contributed by atoms with van der Waals surface area (Å²) in [5.74, 6) is 0.871. The third kappa shape index (κ3) is 3.66. The Bertz CT molecular complexity index is 426. The Morgan fingerprint density at radius 2 is 2.37 bits per heavy atom. The van der Waals surface area contributed by atoms with E-state index in [2.05, 4.69) is 12.2 Å². The molecule has 0 radical (unpaired) electrons. The number of rotatable bonds is 5. The van der Waals surface area contributed by atoms with Gasteiger partial charge in [0.1, 0.15) is 5.82 Å². The Morgan fingerprint density at radius 1 is 1.58 bits per heavy atom. The van der Waals surface area contributed by atoms with E-state index in [9.17, 15) is 9.50 Å². The molecule has 2 nitrogen and oxygen atoms in total. The Morgan fingerprint density at radius 3 is 3.05 bits per heavy atom. The van der Waals surface area contributed by atoms with Gasteiger partial charge in [-0.05, 0) is 49.1 Å². The number of hydrogen-bond acceptors (Lipinski definition) is 4. The molecule has 5 heteroatoms. The minimum Gasteiger partial charge on any atom is -0.395 e. The minimum atomic E-state index is -0.177. The number of fused-ring (bicyclic) bond motifs is 1. The predicted octanol–water partition coefficient (Wildman–Crippen LogP) is 3.06. The molecule has 2 N–H and O–H groups in total. The highest BCUT2D eigenvalue weighted by atomic mass is 32.2.